The second-order valence-corrected chi connectivity index (χ2v) is 7.60. The Balaban J connectivity index is 1.41. The molecule has 32 heavy (non-hydrogen) atoms. The number of nitrogens with zero attached hydrogens (tertiary/aromatic N) is 1. The molecule has 162 valence electrons. The minimum atomic E-state index is -0.649. The van der Waals surface area contributed by atoms with Crippen molar-refractivity contribution in [2.45, 2.75) is 6.61 Å². The first-order chi connectivity index (χ1) is 15.5. The van der Waals surface area contributed by atoms with Crippen molar-refractivity contribution in [3.63, 3.8) is 0 Å². The van der Waals surface area contributed by atoms with Crippen molar-refractivity contribution in [1.29, 1.82) is 0 Å². The number of thiazole rings is 1. The van der Waals surface area contributed by atoms with Gasteiger partial charge in [0.25, 0.3) is 5.91 Å². The molecule has 0 saturated heterocycles. The summed E-state index contributed by atoms with van der Waals surface area (Å²) in [5.41, 5.74) is 1.57. The van der Waals surface area contributed by atoms with Gasteiger partial charge in [0.15, 0.2) is 0 Å². The Bertz CT molecular complexity index is 1220. The molecular weight excluding hydrogens is 434 g/mol. The maximum absolute atomic E-state index is 13.7. The zero-order valence-electron chi connectivity index (χ0n) is 17.0. The second kappa shape index (κ2) is 9.57. The zero-order chi connectivity index (χ0) is 22.5. The van der Waals surface area contributed by atoms with E-state index in [1.807, 2.05) is 0 Å². The summed E-state index contributed by atoms with van der Waals surface area (Å²) in [6, 6.07) is 17.7. The lowest BCUT2D eigenvalue weighted by atomic mass is 10.2. The maximum Gasteiger partial charge on any atom is 0.275 e. The van der Waals surface area contributed by atoms with Crippen LogP contribution in [-0.2, 0) is 6.61 Å². The molecule has 0 fully saturated rings. The van der Waals surface area contributed by atoms with E-state index in [1.54, 1.807) is 61.0 Å². The molecule has 8 heteroatoms. The van der Waals surface area contributed by atoms with E-state index in [-0.39, 0.29) is 18.1 Å². The molecule has 0 atom stereocenters. The van der Waals surface area contributed by atoms with Gasteiger partial charge in [-0.15, -0.1) is 11.3 Å². The largest absolute Gasteiger partial charge is 0.497 e. The highest BCUT2D eigenvalue weighted by atomic mass is 32.1. The highest BCUT2D eigenvalue weighted by Gasteiger charge is 2.13. The van der Waals surface area contributed by atoms with Crippen LogP contribution in [0, 0.1) is 11.6 Å². The van der Waals surface area contributed by atoms with Crippen molar-refractivity contribution in [3.8, 4) is 22.1 Å². The molecule has 0 radical (unpaired) electrons. The van der Waals surface area contributed by atoms with Gasteiger partial charge in [-0.05, 0) is 48.5 Å². The summed E-state index contributed by atoms with van der Waals surface area (Å²) < 4.78 is 38.1. The Hall–Kier alpha value is -3.78. The molecule has 0 unspecified atom stereocenters. The van der Waals surface area contributed by atoms with E-state index >= 15 is 0 Å². The van der Waals surface area contributed by atoms with Crippen LogP contribution in [0.25, 0.3) is 10.6 Å². The third-order valence-corrected chi connectivity index (χ3v) is 5.50. The fourth-order valence-corrected chi connectivity index (χ4v) is 3.73. The topological polar surface area (TPSA) is 60.5 Å². The molecule has 4 aromatic rings. The Labute approximate surface area is 187 Å². The summed E-state index contributed by atoms with van der Waals surface area (Å²) in [4.78, 5) is 16.9. The molecule has 0 aliphatic carbocycles. The quantitative estimate of drug-likeness (QED) is 0.378. The van der Waals surface area contributed by atoms with Crippen LogP contribution in [-0.4, -0.2) is 18.0 Å². The normalized spacial score (nSPS) is 10.6. The highest BCUT2D eigenvalue weighted by Crippen LogP contribution is 2.27. The van der Waals surface area contributed by atoms with Crippen molar-refractivity contribution >= 4 is 22.9 Å². The van der Waals surface area contributed by atoms with E-state index in [0.717, 1.165) is 5.56 Å². The number of methoxy groups -OCH3 is 1. The monoisotopic (exact) mass is 452 g/mol. The van der Waals surface area contributed by atoms with Crippen LogP contribution in [0.5, 0.6) is 11.5 Å². The van der Waals surface area contributed by atoms with Crippen LogP contribution in [0.4, 0.5) is 14.5 Å². The fraction of sp³-hybridized carbons (Fsp3) is 0.0833. The molecule has 0 aliphatic rings. The summed E-state index contributed by atoms with van der Waals surface area (Å²) in [5, 5.41) is 5.13. The Kier molecular flexibility index (Phi) is 6.42. The molecule has 1 heterocycles. The number of carbonyl (C=O) groups excluding carboxylic acids is 1. The van der Waals surface area contributed by atoms with E-state index in [0.29, 0.717) is 27.9 Å². The van der Waals surface area contributed by atoms with E-state index in [2.05, 4.69) is 10.3 Å². The lowest BCUT2D eigenvalue weighted by molar-refractivity contribution is 0.102. The SMILES string of the molecule is COc1cccc(NC(=O)c2csc(-c3ccc(OCc4c(F)cccc4F)cc3)n2)c1. The van der Waals surface area contributed by atoms with Crippen molar-refractivity contribution in [3.05, 3.63) is 95.0 Å². The van der Waals surface area contributed by atoms with Gasteiger partial charge in [0.1, 0.15) is 40.4 Å². The number of ether oxygens (including phenoxy) is 2. The minimum absolute atomic E-state index is 0.122. The van der Waals surface area contributed by atoms with Gasteiger partial charge in [0, 0.05) is 22.7 Å². The molecule has 1 aromatic heterocycles. The predicted molar refractivity (Wildman–Crippen MR) is 119 cm³/mol. The third kappa shape index (κ3) is 4.92. The number of aromatic nitrogens is 1. The van der Waals surface area contributed by atoms with E-state index in [1.165, 1.54) is 29.5 Å². The van der Waals surface area contributed by atoms with Crippen molar-refractivity contribution in [1.82, 2.24) is 4.98 Å². The number of carbonyl (C=O) groups is 1. The smallest absolute Gasteiger partial charge is 0.275 e. The number of hydrogen-bond donors (Lipinski definition) is 1. The van der Waals surface area contributed by atoms with Crippen LogP contribution < -0.4 is 14.8 Å². The van der Waals surface area contributed by atoms with Crippen LogP contribution in [0.15, 0.2) is 72.1 Å². The first-order valence-electron chi connectivity index (χ1n) is 9.60. The molecule has 4 rings (SSSR count). The number of hydrogen-bond acceptors (Lipinski definition) is 5. The highest BCUT2D eigenvalue weighted by molar-refractivity contribution is 7.13. The molecule has 0 bridgehead atoms. The van der Waals surface area contributed by atoms with Gasteiger partial charge >= 0.3 is 0 Å². The molecule has 5 nitrogen and oxygen atoms in total. The van der Waals surface area contributed by atoms with Crippen LogP contribution >= 0.6 is 11.3 Å². The third-order valence-electron chi connectivity index (χ3n) is 4.61. The zero-order valence-corrected chi connectivity index (χ0v) is 17.8. The number of halogens is 2. The van der Waals surface area contributed by atoms with Gasteiger partial charge in [-0.3, -0.25) is 4.79 Å². The van der Waals surface area contributed by atoms with Gasteiger partial charge < -0.3 is 14.8 Å². The number of anilines is 1. The maximum atomic E-state index is 13.7. The van der Waals surface area contributed by atoms with Gasteiger partial charge in [-0.25, -0.2) is 13.8 Å². The number of nitrogens with one attached hydrogen (secondary N) is 1. The predicted octanol–water partition coefficient (Wildman–Crippen LogP) is 5.93. The van der Waals surface area contributed by atoms with E-state index in [4.69, 9.17) is 9.47 Å². The summed E-state index contributed by atoms with van der Waals surface area (Å²) in [6.07, 6.45) is 0. The van der Waals surface area contributed by atoms with Crippen molar-refractivity contribution in [2.24, 2.45) is 0 Å². The molecule has 0 aliphatic heterocycles. The van der Waals surface area contributed by atoms with Crippen LogP contribution in [0.1, 0.15) is 16.1 Å². The summed E-state index contributed by atoms with van der Waals surface area (Å²) >= 11 is 1.33. The van der Waals surface area contributed by atoms with Crippen LogP contribution in [0.3, 0.4) is 0 Å². The molecule has 0 saturated carbocycles. The van der Waals surface area contributed by atoms with Gasteiger partial charge in [0.05, 0.1) is 12.7 Å². The van der Waals surface area contributed by atoms with E-state index < -0.39 is 11.6 Å². The number of benzene rings is 3. The Morgan fingerprint density at radius 3 is 2.44 bits per heavy atom. The van der Waals surface area contributed by atoms with Crippen molar-refractivity contribution < 1.29 is 23.0 Å². The van der Waals surface area contributed by atoms with Gasteiger partial charge in [-0.2, -0.15) is 0 Å². The molecular formula is C24H18F2N2O3S. The van der Waals surface area contributed by atoms with Gasteiger partial charge in [-0.1, -0.05) is 12.1 Å². The fourth-order valence-electron chi connectivity index (χ4n) is 2.93. The van der Waals surface area contributed by atoms with Crippen LogP contribution in [0.2, 0.25) is 0 Å². The van der Waals surface area contributed by atoms with Crippen molar-refractivity contribution in [2.75, 3.05) is 12.4 Å². The molecule has 1 N–H and O–H groups in total. The second-order valence-electron chi connectivity index (χ2n) is 6.74. The average molecular weight is 452 g/mol. The first kappa shape index (κ1) is 21.5. The average Bonchev–Trinajstić information content (AvgIpc) is 3.30. The Morgan fingerprint density at radius 2 is 1.72 bits per heavy atom. The number of amides is 1. The summed E-state index contributed by atoms with van der Waals surface area (Å²) in [7, 11) is 1.56. The summed E-state index contributed by atoms with van der Waals surface area (Å²) in [6.45, 7) is -0.219. The number of rotatable bonds is 7. The lowest BCUT2D eigenvalue weighted by Crippen LogP contribution is -2.12. The molecule has 0 spiro atoms. The first-order valence-corrected chi connectivity index (χ1v) is 10.5. The lowest BCUT2D eigenvalue weighted by Gasteiger charge is -2.08. The van der Waals surface area contributed by atoms with E-state index in [9.17, 15) is 13.6 Å². The molecule has 3 aromatic carbocycles. The summed E-state index contributed by atoms with van der Waals surface area (Å²) in [5.74, 6) is -0.522. The standard InChI is InChI=1S/C24H18F2N2O3S/c1-30-18-5-2-4-16(12-18)27-23(29)22-14-32-24(28-22)15-8-10-17(11-9-15)31-13-19-20(25)6-3-7-21(19)26/h2-12,14H,13H2,1H3,(H,27,29). The Morgan fingerprint density at radius 1 is 1.00 bits per heavy atom. The van der Waals surface area contributed by atoms with Gasteiger partial charge in [0.2, 0.25) is 0 Å². The molecule has 1 amide bonds. The minimum Gasteiger partial charge on any atom is -0.497 e.